The summed E-state index contributed by atoms with van der Waals surface area (Å²) in [4.78, 5) is 0. The molecular weight excluding hydrogens is 408 g/mol. The minimum absolute atomic E-state index is 0.0219. The molecule has 1 N–H and O–H groups in total. The summed E-state index contributed by atoms with van der Waals surface area (Å²) in [5.41, 5.74) is 3.88. The molecule has 0 spiro atoms. The predicted octanol–water partition coefficient (Wildman–Crippen LogP) is 5.70. The fraction of sp³-hybridized carbons (Fsp3) is 0.240. The molecule has 5 heteroatoms. The highest BCUT2D eigenvalue weighted by atomic mass is 35.5. The van der Waals surface area contributed by atoms with E-state index in [0.29, 0.717) is 11.6 Å². The lowest BCUT2D eigenvalue weighted by Gasteiger charge is -2.43. The molecule has 0 aromatic heterocycles. The third-order valence-electron chi connectivity index (χ3n) is 5.09. The average Bonchev–Trinajstić information content (AvgIpc) is 2.74. The molecule has 3 aromatic carbocycles. The molecule has 0 amide bonds. The van der Waals surface area contributed by atoms with Crippen LogP contribution >= 0.6 is 11.6 Å². The van der Waals surface area contributed by atoms with Crippen molar-refractivity contribution in [3.8, 4) is 0 Å². The molecule has 0 aliphatic carbocycles. The molecular formula is C25H29ClN2OSi. The molecule has 3 rings (SSSR count). The van der Waals surface area contributed by atoms with Crippen molar-refractivity contribution in [3.63, 3.8) is 0 Å². The summed E-state index contributed by atoms with van der Waals surface area (Å²) in [5, 5.41) is 7.55. The van der Waals surface area contributed by atoms with Gasteiger partial charge in [0, 0.05) is 24.3 Å². The molecule has 0 bridgehead atoms. The molecule has 0 saturated carbocycles. The molecule has 0 saturated heterocycles. The van der Waals surface area contributed by atoms with Gasteiger partial charge in [-0.25, -0.2) is 0 Å². The summed E-state index contributed by atoms with van der Waals surface area (Å²) in [6, 6.07) is 28.9. The second-order valence-corrected chi connectivity index (χ2v) is 13.0. The van der Waals surface area contributed by atoms with E-state index in [1.807, 2.05) is 30.5 Å². The minimum Gasteiger partial charge on any atom is -0.407 e. The highest BCUT2D eigenvalue weighted by Crippen LogP contribution is 2.36. The summed E-state index contributed by atoms with van der Waals surface area (Å²) in [7, 11) is -2.48. The number of nitrogens with zero attached hydrogens (tertiary/aromatic N) is 1. The second-order valence-electron chi connectivity index (χ2n) is 8.23. The largest absolute Gasteiger partial charge is 0.407 e. The van der Waals surface area contributed by atoms with E-state index >= 15 is 0 Å². The Balaban J connectivity index is 1.77. The molecule has 0 fully saturated rings. The van der Waals surface area contributed by atoms with Crippen molar-refractivity contribution >= 4 is 42.2 Å². The van der Waals surface area contributed by atoms with Gasteiger partial charge in [0.25, 0.3) is 8.32 Å². The zero-order valence-corrected chi connectivity index (χ0v) is 19.6. The van der Waals surface area contributed by atoms with Gasteiger partial charge in [-0.05, 0) is 33.6 Å². The summed E-state index contributed by atoms with van der Waals surface area (Å²) in [6.45, 7) is 7.46. The first kappa shape index (κ1) is 22.3. The van der Waals surface area contributed by atoms with Crippen molar-refractivity contribution in [1.29, 1.82) is 0 Å². The molecule has 0 radical (unpaired) electrons. The lowest BCUT2D eigenvalue weighted by molar-refractivity contribution is 0.309. The Labute approximate surface area is 185 Å². The molecule has 0 atom stereocenters. The maximum Gasteiger partial charge on any atom is 0.261 e. The van der Waals surface area contributed by atoms with Gasteiger partial charge in [-0.2, -0.15) is 5.10 Å². The molecule has 30 heavy (non-hydrogen) atoms. The summed E-state index contributed by atoms with van der Waals surface area (Å²) in [6.07, 6.45) is 2.58. The van der Waals surface area contributed by atoms with Crippen molar-refractivity contribution in [1.82, 2.24) is 0 Å². The van der Waals surface area contributed by atoms with Crippen molar-refractivity contribution in [3.05, 3.63) is 90.0 Å². The third-order valence-corrected chi connectivity index (χ3v) is 10.4. The van der Waals surface area contributed by atoms with Gasteiger partial charge in [-0.3, -0.25) is 5.43 Å². The molecule has 0 unspecified atom stereocenters. The quantitative estimate of drug-likeness (QED) is 0.212. The van der Waals surface area contributed by atoms with E-state index < -0.39 is 8.32 Å². The van der Waals surface area contributed by atoms with Crippen LogP contribution in [-0.2, 0) is 4.43 Å². The Morgan fingerprint density at radius 1 is 0.900 bits per heavy atom. The highest BCUT2D eigenvalue weighted by molar-refractivity contribution is 6.99. The molecule has 3 aromatic rings. The number of benzene rings is 3. The van der Waals surface area contributed by atoms with E-state index in [1.54, 1.807) is 0 Å². The average molecular weight is 437 g/mol. The lowest BCUT2D eigenvalue weighted by atomic mass is 10.2. The Morgan fingerprint density at radius 2 is 1.50 bits per heavy atom. The maximum absolute atomic E-state index is 6.84. The zero-order valence-electron chi connectivity index (χ0n) is 17.8. The van der Waals surface area contributed by atoms with Crippen LogP contribution in [0.15, 0.2) is 90.0 Å². The van der Waals surface area contributed by atoms with Gasteiger partial charge in [-0.15, -0.1) is 0 Å². The smallest absolute Gasteiger partial charge is 0.261 e. The van der Waals surface area contributed by atoms with E-state index in [2.05, 4.69) is 92.0 Å². The first-order valence-corrected chi connectivity index (χ1v) is 12.5. The second kappa shape index (κ2) is 10.1. The van der Waals surface area contributed by atoms with Crippen LogP contribution < -0.4 is 15.8 Å². The molecule has 0 aliphatic heterocycles. The van der Waals surface area contributed by atoms with E-state index in [4.69, 9.17) is 16.0 Å². The standard InChI is InChI=1S/C25H29ClN2OSi/c1-25(2,3)30(23-14-6-4-7-15-23,24-16-8-5-9-17-24)29-19-11-18-27-28-22-13-10-12-21(26)20-22/h4-10,12-18,20,28H,11,19H2,1-3H3/b27-18-. The Hall–Kier alpha value is -2.40. The number of rotatable bonds is 8. The van der Waals surface area contributed by atoms with Gasteiger partial charge >= 0.3 is 0 Å². The molecule has 0 heterocycles. The number of anilines is 1. The van der Waals surface area contributed by atoms with Gasteiger partial charge in [0.15, 0.2) is 0 Å². The molecule has 156 valence electrons. The zero-order chi connectivity index (χ0) is 21.5. The third kappa shape index (κ3) is 5.20. The van der Waals surface area contributed by atoms with Crippen LogP contribution in [0.3, 0.4) is 0 Å². The monoisotopic (exact) mass is 436 g/mol. The van der Waals surface area contributed by atoms with E-state index in [9.17, 15) is 0 Å². The Bertz CT molecular complexity index is 916. The van der Waals surface area contributed by atoms with Gasteiger partial charge in [-0.1, -0.05) is 99.1 Å². The summed E-state index contributed by atoms with van der Waals surface area (Å²) < 4.78 is 6.84. The van der Waals surface area contributed by atoms with Crippen LogP contribution in [0.25, 0.3) is 0 Å². The van der Waals surface area contributed by atoms with Gasteiger partial charge in [0.05, 0.1) is 5.69 Å². The number of hydrazone groups is 1. The van der Waals surface area contributed by atoms with Crippen LogP contribution in [0.4, 0.5) is 5.69 Å². The van der Waals surface area contributed by atoms with Crippen LogP contribution in [0.5, 0.6) is 0 Å². The van der Waals surface area contributed by atoms with Crippen LogP contribution in [0.1, 0.15) is 27.2 Å². The summed E-state index contributed by atoms with van der Waals surface area (Å²) in [5.74, 6) is 0. The van der Waals surface area contributed by atoms with E-state index in [0.717, 1.165) is 12.1 Å². The van der Waals surface area contributed by atoms with Crippen LogP contribution in [-0.4, -0.2) is 21.1 Å². The number of nitrogens with one attached hydrogen (secondary N) is 1. The molecule has 3 nitrogen and oxygen atoms in total. The van der Waals surface area contributed by atoms with Crippen LogP contribution in [0.2, 0.25) is 10.1 Å². The number of hydrogen-bond acceptors (Lipinski definition) is 3. The first-order valence-electron chi connectivity index (χ1n) is 10.2. The maximum atomic E-state index is 6.84. The van der Waals surface area contributed by atoms with Gasteiger partial charge < -0.3 is 4.43 Å². The van der Waals surface area contributed by atoms with Crippen LogP contribution in [0, 0.1) is 0 Å². The first-order chi connectivity index (χ1) is 14.4. The lowest BCUT2D eigenvalue weighted by Crippen LogP contribution is -2.66. The predicted molar refractivity (Wildman–Crippen MR) is 132 cm³/mol. The topological polar surface area (TPSA) is 33.6 Å². The minimum atomic E-state index is -2.48. The Kier molecular flexibility index (Phi) is 7.48. The van der Waals surface area contributed by atoms with Crippen molar-refractivity contribution in [2.24, 2.45) is 5.10 Å². The fourth-order valence-electron chi connectivity index (χ4n) is 3.77. The van der Waals surface area contributed by atoms with Gasteiger partial charge in [0.1, 0.15) is 0 Å². The number of hydrogen-bond donors (Lipinski definition) is 1. The Morgan fingerprint density at radius 3 is 2.03 bits per heavy atom. The van der Waals surface area contributed by atoms with Crippen molar-refractivity contribution < 1.29 is 4.43 Å². The highest BCUT2D eigenvalue weighted by Gasteiger charge is 2.49. The fourth-order valence-corrected chi connectivity index (χ4v) is 8.54. The molecule has 0 aliphatic rings. The van der Waals surface area contributed by atoms with E-state index in [-0.39, 0.29) is 5.04 Å². The normalized spacial score (nSPS) is 12.3. The van der Waals surface area contributed by atoms with E-state index in [1.165, 1.54) is 10.4 Å². The van der Waals surface area contributed by atoms with Crippen molar-refractivity contribution in [2.45, 2.75) is 32.2 Å². The summed E-state index contributed by atoms with van der Waals surface area (Å²) >= 11 is 6.01. The number of halogens is 1. The van der Waals surface area contributed by atoms with Gasteiger partial charge in [0.2, 0.25) is 0 Å². The van der Waals surface area contributed by atoms with Crippen molar-refractivity contribution in [2.75, 3.05) is 12.0 Å². The SMILES string of the molecule is CC(C)(C)[Si](OCC/C=N\Nc1cccc(Cl)c1)(c1ccccc1)c1ccccc1.